The second kappa shape index (κ2) is 11.5. The maximum atomic E-state index is 11.0. The number of aliphatic hydroxyl groups excluding tert-OH is 1. The number of rotatable bonds is 4. The number of allylic oxidation sites excluding steroid dienone is 2. The summed E-state index contributed by atoms with van der Waals surface area (Å²) in [4.78, 5) is 15.5. The Kier molecular flexibility index (Phi) is 9.32. The fourth-order valence-electron chi connectivity index (χ4n) is 3.08. The Morgan fingerprint density at radius 2 is 1.72 bits per heavy atom. The van der Waals surface area contributed by atoms with Crippen molar-refractivity contribution in [1.82, 2.24) is 4.98 Å². The molecule has 0 aliphatic heterocycles. The molecule has 0 bridgehead atoms. The summed E-state index contributed by atoms with van der Waals surface area (Å²) in [5, 5.41) is 11.8. The van der Waals surface area contributed by atoms with Gasteiger partial charge < -0.3 is 10.1 Å². The zero-order chi connectivity index (χ0) is 22.5. The molecule has 3 nitrogen and oxygen atoms in total. The average Bonchev–Trinajstić information content (AvgIpc) is 3.15. The Labute approximate surface area is 207 Å². The molecule has 2 aromatic carbocycles. The maximum absolute atomic E-state index is 11.0. The van der Waals surface area contributed by atoms with Crippen molar-refractivity contribution in [3.63, 3.8) is 0 Å². The van der Waals surface area contributed by atoms with Gasteiger partial charge in [-0.1, -0.05) is 63.4 Å². The molecule has 4 aromatic rings. The summed E-state index contributed by atoms with van der Waals surface area (Å²) in [5.41, 5.74) is 3.42. The smallest absolute Gasteiger partial charge is 0.161 e. The Hall–Kier alpha value is -2.33. The van der Waals surface area contributed by atoms with Crippen LogP contribution in [0.5, 0.6) is 0 Å². The number of aromatic nitrogens is 1. The number of hydrogen-bond donors (Lipinski definition) is 1. The number of carbonyl (C=O) groups is 1. The van der Waals surface area contributed by atoms with E-state index in [-0.39, 0.29) is 43.5 Å². The van der Waals surface area contributed by atoms with Gasteiger partial charge in [0.1, 0.15) is 0 Å². The summed E-state index contributed by atoms with van der Waals surface area (Å²) in [5.74, 6) is 0.161. The largest absolute Gasteiger partial charge is 0.512 e. The zero-order valence-corrected chi connectivity index (χ0v) is 22.2. The first kappa shape index (κ1) is 25.9. The second-order valence-corrected chi connectivity index (χ2v) is 9.17. The molecule has 0 amide bonds. The Balaban J connectivity index is 0.000000263. The van der Waals surface area contributed by atoms with Crippen LogP contribution in [0.25, 0.3) is 31.4 Å². The molecule has 0 aliphatic rings. The predicted octanol–water partition coefficient (Wildman–Crippen LogP) is 7.53. The van der Waals surface area contributed by atoms with Gasteiger partial charge in [-0.2, -0.15) is 11.3 Å². The van der Waals surface area contributed by atoms with Crippen LogP contribution in [0.15, 0.2) is 66.6 Å². The first-order valence-corrected chi connectivity index (χ1v) is 11.3. The molecule has 5 heteroatoms. The predicted molar refractivity (Wildman–Crippen MR) is 132 cm³/mol. The molecule has 0 saturated heterocycles. The van der Waals surface area contributed by atoms with Crippen LogP contribution in [-0.4, -0.2) is 15.9 Å². The number of aryl methyl sites for hydroxylation is 1. The van der Waals surface area contributed by atoms with Crippen LogP contribution >= 0.6 is 11.3 Å². The van der Waals surface area contributed by atoms with Gasteiger partial charge in [-0.3, -0.25) is 4.79 Å². The van der Waals surface area contributed by atoms with Crippen LogP contribution in [0, 0.1) is 24.8 Å². The standard InChI is InChI=1S/C18H12NS.C9H16O2.Ir/c1-12-6-4-7-13-14-8-5-9-15(18(14)20-17(12)13)16-10-2-3-11-19-16;1-6(2)8(10)5-9(11)7(3)4;/h2-8,10-11H,1H3;5-7,10H,1-4H3;/q-1;;/b;8-5-;. The summed E-state index contributed by atoms with van der Waals surface area (Å²) < 4.78 is 2.63. The summed E-state index contributed by atoms with van der Waals surface area (Å²) in [6.45, 7) is 9.49. The molecule has 1 radical (unpaired) electrons. The van der Waals surface area contributed by atoms with E-state index in [4.69, 9.17) is 0 Å². The average molecular weight is 623 g/mol. The van der Waals surface area contributed by atoms with Gasteiger partial charge in [-0.15, -0.1) is 23.8 Å². The minimum absolute atomic E-state index is 0. The third-order valence-electron chi connectivity index (χ3n) is 5.03. The number of aliphatic hydroxyl groups is 1. The van der Waals surface area contributed by atoms with Gasteiger partial charge in [-0.05, 0) is 34.3 Å². The van der Waals surface area contributed by atoms with Crippen molar-refractivity contribution < 1.29 is 30.0 Å². The molecule has 0 saturated carbocycles. The quantitative estimate of drug-likeness (QED) is 0.145. The molecule has 0 unspecified atom stereocenters. The van der Waals surface area contributed by atoms with Crippen molar-refractivity contribution in [3.05, 3.63) is 78.2 Å². The molecule has 169 valence electrons. The number of pyridine rings is 1. The van der Waals surface area contributed by atoms with Crippen molar-refractivity contribution in [2.45, 2.75) is 34.6 Å². The summed E-state index contributed by atoms with van der Waals surface area (Å²) in [6, 6.07) is 20.0. The molecule has 0 spiro atoms. The van der Waals surface area contributed by atoms with E-state index < -0.39 is 0 Å². The SMILES string of the molecule is CC(C)C(=O)/C=C(\O)C(C)C.Cc1cccc2c1sc1c(-c3ccccn3)[c-]ccc12.[Ir]. The molecular weight excluding hydrogens is 595 g/mol. The molecule has 0 fully saturated rings. The van der Waals surface area contributed by atoms with Crippen LogP contribution in [0.4, 0.5) is 0 Å². The molecule has 0 aliphatic carbocycles. The number of thiophene rings is 1. The zero-order valence-electron chi connectivity index (χ0n) is 19.0. The summed E-state index contributed by atoms with van der Waals surface area (Å²) in [7, 11) is 0. The van der Waals surface area contributed by atoms with Gasteiger partial charge in [0.05, 0.1) is 5.76 Å². The van der Waals surface area contributed by atoms with Crippen molar-refractivity contribution >= 4 is 37.3 Å². The number of benzene rings is 2. The molecule has 1 N–H and O–H groups in total. The monoisotopic (exact) mass is 623 g/mol. The maximum Gasteiger partial charge on any atom is 0.161 e. The molecule has 4 rings (SSSR count). The van der Waals surface area contributed by atoms with Gasteiger partial charge in [0.15, 0.2) is 5.78 Å². The summed E-state index contributed by atoms with van der Waals surface area (Å²) >= 11 is 1.84. The van der Waals surface area contributed by atoms with Gasteiger partial charge in [0, 0.05) is 48.9 Å². The minimum Gasteiger partial charge on any atom is -0.512 e. The van der Waals surface area contributed by atoms with E-state index >= 15 is 0 Å². The number of ketones is 1. The summed E-state index contributed by atoms with van der Waals surface area (Å²) in [6.07, 6.45) is 3.15. The van der Waals surface area contributed by atoms with E-state index in [0.717, 1.165) is 11.3 Å². The van der Waals surface area contributed by atoms with E-state index in [1.807, 2.05) is 69.5 Å². The Bertz CT molecular complexity index is 1230. The van der Waals surface area contributed by atoms with Crippen LogP contribution < -0.4 is 0 Å². The van der Waals surface area contributed by atoms with Crippen molar-refractivity contribution in [2.75, 3.05) is 0 Å². The van der Waals surface area contributed by atoms with E-state index in [9.17, 15) is 9.90 Å². The molecular formula is C27H28IrNO2S-. The molecule has 0 atom stereocenters. The van der Waals surface area contributed by atoms with Gasteiger partial charge in [0.25, 0.3) is 0 Å². The third kappa shape index (κ3) is 5.92. The first-order chi connectivity index (χ1) is 14.8. The molecule has 2 heterocycles. The van der Waals surface area contributed by atoms with Crippen LogP contribution in [0.3, 0.4) is 0 Å². The van der Waals surface area contributed by atoms with Crippen molar-refractivity contribution in [1.29, 1.82) is 0 Å². The second-order valence-electron chi connectivity index (χ2n) is 8.15. The van der Waals surface area contributed by atoms with E-state index in [1.54, 1.807) is 0 Å². The van der Waals surface area contributed by atoms with Gasteiger partial charge >= 0.3 is 0 Å². The van der Waals surface area contributed by atoms with Crippen LogP contribution in [-0.2, 0) is 24.9 Å². The van der Waals surface area contributed by atoms with Crippen LogP contribution in [0.1, 0.15) is 33.3 Å². The third-order valence-corrected chi connectivity index (χ3v) is 6.40. The fourth-order valence-corrected chi connectivity index (χ4v) is 4.36. The number of carbonyl (C=O) groups excluding carboxylic acids is 1. The van der Waals surface area contributed by atoms with Gasteiger partial charge in [0.2, 0.25) is 0 Å². The van der Waals surface area contributed by atoms with Gasteiger partial charge in [-0.25, -0.2) is 0 Å². The Morgan fingerprint density at radius 3 is 2.34 bits per heavy atom. The van der Waals surface area contributed by atoms with Crippen molar-refractivity contribution in [2.24, 2.45) is 11.8 Å². The fraction of sp³-hybridized carbons (Fsp3) is 0.259. The van der Waals surface area contributed by atoms with E-state index in [2.05, 4.69) is 42.2 Å². The van der Waals surface area contributed by atoms with Crippen molar-refractivity contribution in [3.8, 4) is 11.3 Å². The Morgan fingerprint density at radius 1 is 1.00 bits per heavy atom. The first-order valence-electron chi connectivity index (χ1n) is 10.5. The topological polar surface area (TPSA) is 50.2 Å². The van der Waals surface area contributed by atoms with E-state index in [1.165, 1.54) is 31.8 Å². The number of nitrogens with zero attached hydrogens (tertiary/aromatic N) is 1. The normalized spacial score (nSPS) is 11.4. The van der Waals surface area contributed by atoms with Crippen LogP contribution in [0.2, 0.25) is 0 Å². The number of fused-ring (bicyclic) bond motifs is 3. The minimum atomic E-state index is -0.0316. The van der Waals surface area contributed by atoms with E-state index in [0.29, 0.717) is 0 Å². The molecule has 32 heavy (non-hydrogen) atoms. The number of hydrogen-bond acceptors (Lipinski definition) is 4. The molecule has 2 aromatic heterocycles.